The van der Waals surface area contributed by atoms with E-state index in [1.54, 1.807) is 25.1 Å². The maximum absolute atomic E-state index is 12.9. The Hall–Kier alpha value is -2.94. The lowest BCUT2D eigenvalue weighted by atomic mass is 9.99. The minimum atomic E-state index is -3.79. The molecule has 0 radical (unpaired) electrons. The van der Waals surface area contributed by atoms with E-state index in [9.17, 15) is 13.2 Å². The van der Waals surface area contributed by atoms with Crippen molar-refractivity contribution < 1.29 is 17.6 Å². The second-order valence-corrected chi connectivity index (χ2v) is 11.1. The summed E-state index contributed by atoms with van der Waals surface area (Å²) in [4.78, 5) is 15.4. The molecule has 35 heavy (non-hydrogen) atoms. The third-order valence-corrected chi connectivity index (χ3v) is 7.94. The van der Waals surface area contributed by atoms with Crippen molar-refractivity contribution in [2.24, 2.45) is 5.92 Å². The van der Waals surface area contributed by atoms with Crippen LogP contribution in [0.25, 0.3) is 0 Å². The van der Waals surface area contributed by atoms with Crippen molar-refractivity contribution in [3.63, 3.8) is 0 Å². The van der Waals surface area contributed by atoms with E-state index >= 15 is 0 Å². The van der Waals surface area contributed by atoms with Crippen molar-refractivity contribution in [3.05, 3.63) is 88.9 Å². The largest absolute Gasteiger partial charge is 0.468 e. The standard InChI is InChI=1S/C27H33N3O4S/c1-20-11-13-30(14-12-20)19-23-8-6-22(7-9-23)17-28-27(31)26-16-25(10-5-21(26)2)35(32,33)29-18-24-4-3-15-34-24/h3-10,15-16,20,29H,11-14,17-19H2,1-2H3,(H,28,31). The number of carbonyl (C=O) groups is 1. The molecule has 0 spiro atoms. The van der Waals surface area contributed by atoms with E-state index in [1.807, 2.05) is 12.1 Å². The predicted molar refractivity (Wildman–Crippen MR) is 135 cm³/mol. The van der Waals surface area contributed by atoms with Gasteiger partial charge in [-0.05, 0) is 79.7 Å². The molecule has 0 bridgehead atoms. The van der Waals surface area contributed by atoms with Crippen LogP contribution in [0.2, 0.25) is 0 Å². The van der Waals surface area contributed by atoms with Gasteiger partial charge < -0.3 is 9.73 Å². The number of sulfonamides is 1. The van der Waals surface area contributed by atoms with E-state index in [2.05, 4.69) is 34.0 Å². The van der Waals surface area contributed by atoms with Gasteiger partial charge in [-0.15, -0.1) is 0 Å². The summed E-state index contributed by atoms with van der Waals surface area (Å²) in [6, 6.07) is 16.2. The molecule has 1 aromatic heterocycles. The number of hydrogen-bond acceptors (Lipinski definition) is 5. The lowest BCUT2D eigenvalue weighted by Crippen LogP contribution is -2.32. The number of nitrogens with zero attached hydrogens (tertiary/aromatic N) is 1. The number of benzene rings is 2. The van der Waals surface area contributed by atoms with Crippen molar-refractivity contribution in [2.45, 2.75) is 51.2 Å². The van der Waals surface area contributed by atoms with Crippen molar-refractivity contribution in [3.8, 4) is 0 Å². The monoisotopic (exact) mass is 495 g/mol. The van der Waals surface area contributed by atoms with E-state index in [4.69, 9.17) is 4.42 Å². The summed E-state index contributed by atoms with van der Waals surface area (Å²) < 4.78 is 33.1. The van der Waals surface area contributed by atoms with Gasteiger partial charge in [0.2, 0.25) is 10.0 Å². The molecule has 8 heteroatoms. The Balaban J connectivity index is 1.34. The highest BCUT2D eigenvalue weighted by molar-refractivity contribution is 7.89. The zero-order valence-corrected chi connectivity index (χ0v) is 21.1. The molecule has 7 nitrogen and oxygen atoms in total. The Kier molecular flexibility index (Phi) is 8.05. The molecule has 2 aromatic carbocycles. The minimum Gasteiger partial charge on any atom is -0.468 e. The van der Waals surface area contributed by atoms with Crippen molar-refractivity contribution in [1.29, 1.82) is 0 Å². The molecule has 1 aliphatic rings. The summed E-state index contributed by atoms with van der Waals surface area (Å²) in [5, 5.41) is 2.92. The number of piperidine rings is 1. The van der Waals surface area contributed by atoms with Crippen molar-refractivity contribution in [1.82, 2.24) is 14.9 Å². The summed E-state index contributed by atoms with van der Waals surface area (Å²) in [5.41, 5.74) is 3.31. The molecule has 2 N–H and O–H groups in total. The van der Waals surface area contributed by atoms with Crippen LogP contribution < -0.4 is 10.0 Å². The maximum Gasteiger partial charge on any atom is 0.251 e. The number of likely N-dealkylation sites (tertiary alicyclic amines) is 1. The zero-order chi connectivity index (χ0) is 24.8. The molecule has 3 aromatic rings. The van der Waals surface area contributed by atoms with Crippen LogP contribution >= 0.6 is 0 Å². The van der Waals surface area contributed by atoms with E-state index in [1.165, 1.54) is 36.8 Å². The summed E-state index contributed by atoms with van der Waals surface area (Å²) >= 11 is 0. The zero-order valence-electron chi connectivity index (χ0n) is 20.3. The van der Waals surface area contributed by atoms with E-state index in [0.717, 1.165) is 31.1 Å². The van der Waals surface area contributed by atoms with Crippen LogP contribution in [0.3, 0.4) is 0 Å². The number of aryl methyl sites for hydroxylation is 1. The fraction of sp³-hybridized carbons (Fsp3) is 0.370. The molecule has 0 saturated carbocycles. The van der Waals surface area contributed by atoms with Crippen LogP contribution in [0.5, 0.6) is 0 Å². The number of nitrogens with one attached hydrogen (secondary N) is 2. The van der Waals surface area contributed by atoms with Gasteiger partial charge in [0, 0.05) is 18.7 Å². The second-order valence-electron chi connectivity index (χ2n) is 9.34. The molecule has 1 aliphatic heterocycles. The average molecular weight is 496 g/mol. The molecule has 0 atom stereocenters. The Morgan fingerprint density at radius 1 is 1.03 bits per heavy atom. The first kappa shape index (κ1) is 25.2. The van der Waals surface area contributed by atoms with Crippen LogP contribution in [0, 0.1) is 12.8 Å². The van der Waals surface area contributed by atoms with Crippen molar-refractivity contribution in [2.75, 3.05) is 13.1 Å². The molecule has 1 saturated heterocycles. The fourth-order valence-corrected chi connectivity index (χ4v) is 5.21. The highest BCUT2D eigenvalue weighted by Gasteiger charge is 2.19. The molecule has 1 amide bonds. The van der Waals surface area contributed by atoms with Gasteiger partial charge in [-0.2, -0.15) is 0 Å². The molecule has 0 aliphatic carbocycles. The number of rotatable bonds is 9. The molecule has 4 rings (SSSR count). The lowest BCUT2D eigenvalue weighted by molar-refractivity contribution is 0.0950. The smallest absolute Gasteiger partial charge is 0.251 e. The van der Waals surface area contributed by atoms with Gasteiger partial charge in [0.1, 0.15) is 5.76 Å². The van der Waals surface area contributed by atoms with Gasteiger partial charge in [-0.1, -0.05) is 37.3 Å². The van der Waals surface area contributed by atoms with Gasteiger partial charge in [0.05, 0.1) is 17.7 Å². The van der Waals surface area contributed by atoms with Gasteiger partial charge in [0.25, 0.3) is 5.91 Å². The van der Waals surface area contributed by atoms with Crippen LogP contribution in [0.1, 0.15) is 52.6 Å². The van der Waals surface area contributed by atoms with Gasteiger partial charge in [0.15, 0.2) is 0 Å². The quantitative estimate of drug-likeness (QED) is 0.464. The number of amides is 1. The Morgan fingerprint density at radius 2 is 1.74 bits per heavy atom. The first-order chi connectivity index (χ1) is 16.8. The van der Waals surface area contributed by atoms with Crippen molar-refractivity contribution >= 4 is 15.9 Å². The third-order valence-electron chi connectivity index (χ3n) is 6.54. The normalized spacial score (nSPS) is 15.3. The number of furan rings is 1. The molecule has 1 fully saturated rings. The molecule has 2 heterocycles. The first-order valence-corrected chi connectivity index (χ1v) is 13.5. The first-order valence-electron chi connectivity index (χ1n) is 12.0. The average Bonchev–Trinajstić information content (AvgIpc) is 3.38. The summed E-state index contributed by atoms with van der Waals surface area (Å²) in [5.74, 6) is 1.02. The van der Waals surface area contributed by atoms with Gasteiger partial charge >= 0.3 is 0 Å². The van der Waals surface area contributed by atoms with Gasteiger partial charge in [-0.3, -0.25) is 9.69 Å². The Morgan fingerprint density at radius 3 is 2.43 bits per heavy atom. The molecular weight excluding hydrogens is 462 g/mol. The maximum atomic E-state index is 12.9. The van der Waals surface area contributed by atoms with Crippen LogP contribution in [-0.4, -0.2) is 32.3 Å². The minimum absolute atomic E-state index is 0.0382. The number of carbonyl (C=O) groups excluding carboxylic acids is 1. The van der Waals surface area contributed by atoms with E-state index < -0.39 is 10.0 Å². The fourth-order valence-electron chi connectivity index (χ4n) is 4.19. The predicted octanol–water partition coefficient (Wildman–Crippen LogP) is 4.23. The third kappa shape index (κ3) is 6.81. The molecule has 0 unspecified atom stereocenters. The highest BCUT2D eigenvalue weighted by Crippen LogP contribution is 2.19. The molecule has 186 valence electrons. The highest BCUT2D eigenvalue weighted by atomic mass is 32.2. The van der Waals surface area contributed by atoms with Gasteiger partial charge in [-0.25, -0.2) is 13.1 Å². The lowest BCUT2D eigenvalue weighted by Gasteiger charge is -2.30. The van der Waals surface area contributed by atoms with E-state index in [-0.39, 0.29) is 17.3 Å². The van der Waals surface area contributed by atoms with E-state index in [0.29, 0.717) is 23.4 Å². The van der Waals surface area contributed by atoms with Crippen LogP contribution in [0.15, 0.2) is 70.2 Å². The topological polar surface area (TPSA) is 91.6 Å². The Bertz CT molecular complexity index is 1230. The van der Waals surface area contributed by atoms with Crippen LogP contribution in [0.4, 0.5) is 0 Å². The SMILES string of the molecule is Cc1ccc(S(=O)(=O)NCc2ccco2)cc1C(=O)NCc1ccc(CN2CCC(C)CC2)cc1. The summed E-state index contributed by atoms with van der Waals surface area (Å²) in [6.07, 6.45) is 4.00. The number of hydrogen-bond donors (Lipinski definition) is 2. The Labute approximate surface area is 207 Å². The summed E-state index contributed by atoms with van der Waals surface area (Å²) in [6.45, 7) is 7.75. The second kappa shape index (κ2) is 11.2. The summed E-state index contributed by atoms with van der Waals surface area (Å²) in [7, 11) is -3.79. The molecular formula is C27H33N3O4S. The van der Waals surface area contributed by atoms with Crippen LogP contribution in [-0.2, 0) is 29.7 Å².